The van der Waals surface area contributed by atoms with Crippen molar-refractivity contribution in [3.63, 3.8) is 0 Å². The SMILES string of the molecule is C\C=C(C(/C(C)=N/C=C/CC)=C(/C)N1CCNCC12CC2)\C1CC1. The van der Waals surface area contributed by atoms with Gasteiger partial charge in [0, 0.05) is 42.8 Å². The van der Waals surface area contributed by atoms with Gasteiger partial charge in [0.25, 0.3) is 0 Å². The maximum Gasteiger partial charge on any atom is 0.0525 e. The zero-order valence-electron chi connectivity index (χ0n) is 15.9. The van der Waals surface area contributed by atoms with Crippen molar-refractivity contribution in [3.05, 3.63) is 35.2 Å². The van der Waals surface area contributed by atoms with Gasteiger partial charge in [0.05, 0.1) is 5.54 Å². The van der Waals surface area contributed by atoms with E-state index in [4.69, 9.17) is 4.99 Å². The maximum atomic E-state index is 4.77. The standard InChI is InChI=1S/C21H33N3/c1-5-7-12-23-16(3)20(19(6-2)18-8-9-18)17(4)24-14-13-22-15-21(24)10-11-21/h6-7,12,18,22H,5,8-11,13-15H2,1-4H3/b12-7+,19-6-,20-17-,23-16+. The van der Waals surface area contributed by atoms with Crippen LogP contribution in [-0.2, 0) is 0 Å². The van der Waals surface area contributed by atoms with Gasteiger partial charge in [-0.2, -0.15) is 0 Å². The molecule has 3 aliphatic rings. The lowest BCUT2D eigenvalue weighted by atomic mass is 9.94. The Kier molecular flexibility index (Phi) is 5.29. The quantitative estimate of drug-likeness (QED) is 0.577. The van der Waals surface area contributed by atoms with Crippen LogP contribution in [0.5, 0.6) is 0 Å². The Hall–Kier alpha value is -1.35. The fourth-order valence-corrected chi connectivity index (χ4v) is 4.09. The third-order valence-electron chi connectivity index (χ3n) is 5.72. The van der Waals surface area contributed by atoms with Crippen molar-refractivity contribution in [1.29, 1.82) is 0 Å². The molecule has 2 saturated carbocycles. The second kappa shape index (κ2) is 7.26. The van der Waals surface area contributed by atoms with E-state index in [1.165, 1.54) is 48.2 Å². The fourth-order valence-electron chi connectivity index (χ4n) is 4.09. The molecule has 2 aliphatic carbocycles. The number of nitrogens with zero attached hydrogens (tertiary/aromatic N) is 2. The van der Waals surface area contributed by atoms with Crippen LogP contribution in [0.2, 0.25) is 0 Å². The Morgan fingerprint density at radius 2 is 2.04 bits per heavy atom. The number of allylic oxidation sites excluding steroid dienone is 5. The summed E-state index contributed by atoms with van der Waals surface area (Å²) in [5, 5.41) is 3.59. The van der Waals surface area contributed by atoms with E-state index >= 15 is 0 Å². The van der Waals surface area contributed by atoms with Gasteiger partial charge in [-0.3, -0.25) is 4.99 Å². The van der Waals surface area contributed by atoms with Gasteiger partial charge in [-0.1, -0.05) is 19.1 Å². The number of rotatable bonds is 6. The zero-order chi connectivity index (χ0) is 17.2. The third kappa shape index (κ3) is 3.51. The summed E-state index contributed by atoms with van der Waals surface area (Å²) < 4.78 is 0. The highest BCUT2D eigenvalue weighted by Gasteiger charge is 2.49. The highest BCUT2D eigenvalue weighted by molar-refractivity contribution is 6.03. The Morgan fingerprint density at radius 1 is 1.29 bits per heavy atom. The van der Waals surface area contributed by atoms with E-state index in [1.807, 2.05) is 6.20 Å². The molecule has 3 heteroatoms. The van der Waals surface area contributed by atoms with Crippen LogP contribution < -0.4 is 5.32 Å². The summed E-state index contributed by atoms with van der Waals surface area (Å²) >= 11 is 0. The van der Waals surface area contributed by atoms with Gasteiger partial charge in [-0.05, 0) is 64.4 Å². The Balaban J connectivity index is 1.99. The first kappa shape index (κ1) is 17.5. The predicted molar refractivity (Wildman–Crippen MR) is 103 cm³/mol. The Bertz CT molecular complexity index is 586. The fraction of sp³-hybridized carbons (Fsp3) is 0.667. The van der Waals surface area contributed by atoms with Crippen LogP contribution in [0, 0.1) is 5.92 Å². The lowest BCUT2D eigenvalue weighted by molar-refractivity contribution is 0.188. The minimum absolute atomic E-state index is 0.384. The molecular formula is C21H33N3. The molecule has 1 N–H and O–H groups in total. The zero-order valence-corrected chi connectivity index (χ0v) is 15.9. The van der Waals surface area contributed by atoms with Crippen LogP contribution in [-0.4, -0.2) is 35.8 Å². The molecule has 3 fully saturated rings. The van der Waals surface area contributed by atoms with E-state index in [9.17, 15) is 0 Å². The van der Waals surface area contributed by atoms with Crippen molar-refractivity contribution >= 4 is 5.71 Å². The highest BCUT2D eigenvalue weighted by Crippen LogP contribution is 2.47. The second-order valence-electron chi connectivity index (χ2n) is 7.54. The minimum Gasteiger partial charge on any atom is -0.366 e. The van der Waals surface area contributed by atoms with E-state index in [0.29, 0.717) is 5.54 Å². The molecule has 3 nitrogen and oxygen atoms in total. The topological polar surface area (TPSA) is 27.6 Å². The Morgan fingerprint density at radius 3 is 2.62 bits per heavy atom. The maximum absolute atomic E-state index is 4.77. The third-order valence-corrected chi connectivity index (χ3v) is 5.72. The molecule has 0 aromatic carbocycles. The number of hydrogen-bond acceptors (Lipinski definition) is 3. The molecule has 0 unspecified atom stereocenters. The van der Waals surface area contributed by atoms with Gasteiger partial charge in [-0.15, -0.1) is 0 Å². The van der Waals surface area contributed by atoms with Gasteiger partial charge in [0.2, 0.25) is 0 Å². The van der Waals surface area contributed by atoms with Crippen molar-refractivity contribution < 1.29 is 0 Å². The summed E-state index contributed by atoms with van der Waals surface area (Å²) in [6.45, 7) is 12.2. The van der Waals surface area contributed by atoms with E-state index in [-0.39, 0.29) is 0 Å². The summed E-state index contributed by atoms with van der Waals surface area (Å²) in [7, 11) is 0. The van der Waals surface area contributed by atoms with Crippen molar-refractivity contribution in [1.82, 2.24) is 10.2 Å². The summed E-state index contributed by atoms with van der Waals surface area (Å²) in [5.41, 5.74) is 5.93. The van der Waals surface area contributed by atoms with E-state index in [2.05, 4.69) is 50.1 Å². The van der Waals surface area contributed by atoms with Gasteiger partial charge < -0.3 is 10.2 Å². The first-order valence-corrected chi connectivity index (χ1v) is 9.68. The largest absolute Gasteiger partial charge is 0.366 e. The second-order valence-corrected chi connectivity index (χ2v) is 7.54. The average molecular weight is 328 g/mol. The molecule has 3 rings (SSSR count). The van der Waals surface area contributed by atoms with Crippen molar-refractivity contribution in [2.75, 3.05) is 19.6 Å². The molecule has 0 bridgehead atoms. The van der Waals surface area contributed by atoms with Crippen molar-refractivity contribution in [3.8, 4) is 0 Å². The number of piperazine rings is 1. The molecule has 24 heavy (non-hydrogen) atoms. The molecular weight excluding hydrogens is 294 g/mol. The molecule has 1 spiro atoms. The van der Waals surface area contributed by atoms with Gasteiger partial charge in [0.15, 0.2) is 0 Å². The predicted octanol–water partition coefficient (Wildman–Crippen LogP) is 4.44. The summed E-state index contributed by atoms with van der Waals surface area (Å²) in [4.78, 5) is 7.46. The molecule has 0 radical (unpaired) electrons. The molecule has 132 valence electrons. The number of nitrogens with one attached hydrogen (secondary N) is 1. The van der Waals surface area contributed by atoms with Crippen LogP contribution in [0.4, 0.5) is 0 Å². The molecule has 0 aromatic rings. The molecule has 0 aromatic heterocycles. The first-order chi connectivity index (χ1) is 11.6. The number of hydrogen-bond donors (Lipinski definition) is 1. The van der Waals surface area contributed by atoms with Crippen LogP contribution in [0.3, 0.4) is 0 Å². The van der Waals surface area contributed by atoms with Crippen LogP contribution in [0.1, 0.15) is 59.8 Å². The average Bonchev–Trinajstić information content (AvgIpc) is 3.49. The van der Waals surface area contributed by atoms with Crippen LogP contribution in [0.25, 0.3) is 0 Å². The van der Waals surface area contributed by atoms with E-state index < -0.39 is 0 Å². The molecule has 1 saturated heterocycles. The molecule has 1 aliphatic heterocycles. The van der Waals surface area contributed by atoms with Gasteiger partial charge >= 0.3 is 0 Å². The lowest BCUT2D eigenvalue weighted by Crippen LogP contribution is -2.52. The minimum atomic E-state index is 0.384. The van der Waals surface area contributed by atoms with Crippen molar-refractivity contribution in [2.45, 2.75) is 65.3 Å². The summed E-state index contributed by atoms with van der Waals surface area (Å²) in [6, 6.07) is 0. The van der Waals surface area contributed by atoms with Gasteiger partial charge in [0.1, 0.15) is 0 Å². The van der Waals surface area contributed by atoms with E-state index in [1.54, 1.807) is 0 Å². The van der Waals surface area contributed by atoms with Crippen LogP contribution >= 0.6 is 0 Å². The monoisotopic (exact) mass is 327 g/mol. The molecule has 1 heterocycles. The van der Waals surface area contributed by atoms with Crippen LogP contribution in [0.15, 0.2) is 40.2 Å². The van der Waals surface area contributed by atoms with Gasteiger partial charge in [-0.25, -0.2) is 0 Å². The smallest absolute Gasteiger partial charge is 0.0525 e. The Labute approximate surface area is 147 Å². The first-order valence-electron chi connectivity index (χ1n) is 9.68. The van der Waals surface area contributed by atoms with E-state index in [0.717, 1.165) is 32.0 Å². The lowest BCUT2D eigenvalue weighted by Gasteiger charge is -2.40. The summed E-state index contributed by atoms with van der Waals surface area (Å²) in [5.74, 6) is 0.748. The molecule has 0 atom stereocenters. The normalized spacial score (nSPS) is 25.4. The van der Waals surface area contributed by atoms with Crippen molar-refractivity contribution in [2.24, 2.45) is 10.9 Å². The highest BCUT2D eigenvalue weighted by atomic mass is 15.3. The number of aliphatic imine (C=N–C) groups is 1. The summed E-state index contributed by atoms with van der Waals surface area (Å²) in [6.07, 6.45) is 12.8. The molecule has 0 amide bonds.